The molecule has 4 heterocycles. The second-order valence-electron chi connectivity index (χ2n) is 9.63. The van der Waals surface area contributed by atoms with Gasteiger partial charge in [-0.1, -0.05) is 19.4 Å². The van der Waals surface area contributed by atoms with E-state index in [-0.39, 0.29) is 11.7 Å². The Balaban J connectivity index is 1.54. The van der Waals surface area contributed by atoms with Gasteiger partial charge in [-0.2, -0.15) is 0 Å². The van der Waals surface area contributed by atoms with Crippen LogP contribution in [0.3, 0.4) is 0 Å². The van der Waals surface area contributed by atoms with Crippen LogP contribution < -0.4 is 10.5 Å². The van der Waals surface area contributed by atoms with Crippen molar-refractivity contribution in [1.82, 2.24) is 19.3 Å². The molecule has 1 saturated heterocycles. The van der Waals surface area contributed by atoms with Crippen LogP contribution in [0.25, 0.3) is 16.8 Å². The fraction of sp³-hybridized carbons (Fsp3) is 0.462. The molecule has 0 bridgehead atoms. The third-order valence-electron chi connectivity index (χ3n) is 5.87. The van der Waals surface area contributed by atoms with E-state index in [1.165, 1.54) is 0 Å². The smallest absolute Gasteiger partial charge is 0.410 e. The number of amides is 1. The first-order valence-corrected chi connectivity index (χ1v) is 12.0. The molecule has 0 spiro atoms. The summed E-state index contributed by atoms with van der Waals surface area (Å²) in [6.07, 6.45) is 5.99. The van der Waals surface area contributed by atoms with Gasteiger partial charge in [0.2, 0.25) is 0 Å². The lowest BCUT2D eigenvalue weighted by atomic mass is 10.0. The minimum absolute atomic E-state index is 0.0720. The third kappa shape index (κ3) is 5.21. The second kappa shape index (κ2) is 9.83. The summed E-state index contributed by atoms with van der Waals surface area (Å²) in [7, 11) is 0. The molecule has 8 nitrogen and oxygen atoms in total. The molecule has 3 aromatic rings. The first-order chi connectivity index (χ1) is 16.3. The van der Waals surface area contributed by atoms with Crippen LogP contribution in [0.2, 0.25) is 0 Å². The van der Waals surface area contributed by atoms with Crippen molar-refractivity contribution in [2.75, 3.05) is 31.1 Å². The summed E-state index contributed by atoms with van der Waals surface area (Å²) in [6.45, 7) is 10.3. The van der Waals surface area contributed by atoms with Crippen molar-refractivity contribution in [2.45, 2.75) is 52.6 Å². The Morgan fingerprint density at radius 3 is 2.50 bits per heavy atom. The van der Waals surface area contributed by atoms with Gasteiger partial charge in [0, 0.05) is 44.1 Å². The molecule has 180 valence electrons. The van der Waals surface area contributed by atoms with Crippen LogP contribution >= 0.6 is 0 Å². The monoisotopic (exact) mass is 463 g/mol. The normalized spacial score (nSPS) is 14.5. The number of ether oxygens (including phenoxy) is 1. The molecular weight excluding hydrogens is 430 g/mol. The Labute approximate surface area is 200 Å². The molecule has 0 saturated carbocycles. The maximum Gasteiger partial charge on any atom is 0.410 e. The van der Waals surface area contributed by atoms with Crippen molar-refractivity contribution >= 4 is 17.6 Å². The van der Waals surface area contributed by atoms with Gasteiger partial charge in [0.05, 0.1) is 11.3 Å². The van der Waals surface area contributed by atoms with E-state index in [9.17, 15) is 9.59 Å². The van der Waals surface area contributed by atoms with Crippen LogP contribution in [0.5, 0.6) is 0 Å². The van der Waals surface area contributed by atoms with E-state index in [1.807, 2.05) is 51.1 Å². The van der Waals surface area contributed by atoms with Crippen molar-refractivity contribution < 1.29 is 9.53 Å². The van der Waals surface area contributed by atoms with E-state index < -0.39 is 5.60 Å². The number of pyridine rings is 2. The summed E-state index contributed by atoms with van der Waals surface area (Å²) in [5.74, 6) is 0.830. The molecule has 3 aromatic heterocycles. The Morgan fingerprint density at radius 1 is 1.09 bits per heavy atom. The largest absolute Gasteiger partial charge is 0.444 e. The minimum atomic E-state index is -0.502. The number of carbonyl (C=O) groups excluding carboxylic acids is 1. The van der Waals surface area contributed by atoms with Crippen molar-refractivity contribution in [3.8, 4) is 11.1 Å². The summed E-state index contributed by atoms with van der Waals surface area (Å²) in [5, 5.41) is 0. The lowest BCUT2D eigenvalue weighted by Gasteiger charge is -2.36. The van der Waals surface area contributed by atoms with Crippen LogP contribution in [0, 0.1) is 0 Å². The lowest BCUT2D eigenvalue weighted by molar-refractivity contribution is 0.0240. The second-order valence-corrected chi connectivity index (χ2v) is 9.63. The fourth-order valence-corrected chi connectivity index (χ4v) is 4.12. The lowest BCUT2D eigenvalue weighted by Crippen LogP contribution is -2.50. The number of hydrogen-bond acceptors (Lipinski definition) is 6. The number of hydrogen-bond donors (Lipinski definition) is 0. The number of carbonyl (C=O) groups is 1. The predicted molar refractivity (Wildman–Crippen MR) is 133 cm³/mol. The minimum Gasteiger partial charge on any atom is -0.444 e. The van der Waals surface area contributed by atoms with E-state index in [1.54, 1.807) is 21.7 Å². The molecule has 0 radical (unpaired) electrons. The molecule has 1 fully saturated rings. The number of piperazine rings is 1. The highest BCUT2D eigenvalue weighted by Crippen LogP contribution is 2.23. The van der Waals surface area contributed by atoms with Gasteiger partial charge in [0.25, 0.3) is 5.56 Å². The van der Waals surface area contributed by atoms with Crippen molar-refractivity contribution in [2.24, 2.45) is 0 Å². The summed E-state index contributed by atoms with van der Waals surface area (Å²) < 4.78 is 7.07. The summed E-state index contributed by atoms with van der Waals surface area (Å²) in [4.78, 5) is 39.0. The number of unbranched alkanes of at least 4 members (excludes halogenated alkanes) is 1. The first kappa shape index (κ1) is 23.7. The van der Waals surface area contributed by atoms with Crippen LogP contribution in [-0.2, 0) is 11.2 Å². The highest BCUT2D eigenvalue weighted by molar-refractivity contribution is 5.69. The van der Waals surface area contributed by atoms with Crippen LogP contribution in [0.1, 0.15) is 46.2 Å². The topological polar surface area (TPSA) is 80.0 Å². The average Bonchev–Trinajstić information content (AvgIpc) is 2.82. The molecule has 4 rings (SSSR count). The zero-order valence-electron chi connectivity index (χ0n) is 20.5. The summed E-state index contributed by atoms with van der Waals surface area (Å²) >= 11 is 0. The van der Waals surface area contributed by atoms with Gasteiger partial charge in [0.1, 0.15) is 17.1 Å². The average molecular weight is 464 g/mol. The molecule has 1 aliphatic heterocycles. The van der Waals surface area contributed by atoms with E-state index >= 15 is 0 Å². The van der Waals surface area contributed by atoms with Crippen molar-refractivity contribution in [1.29, 1.82) is 0 Å². The highest BCUT2D eigenvalue weighted by atomic mass is 16.6. The number of nitrogens with zero attached hydrogens (tertiary/aromatic N) is 5. The van der Waals surface area contributed by atoms with Gasteiger partial charge in [-0.15, -0.1) is 0 Å². The van der Waals surface area contributed by atoms with Gasteiger partial charge in [0.15, 0.2) is 0 Å². The Hall–Kier alpha value is -3.42. The summed E-state index contributed by atoms with van der Waals surface area (Å²) in [5.41, 5.74) is 2.30. The van der Waals surface area contributed by atoms with E-state index in [4.69, 9.17) is 9.72 Å². The zero-order valence-corrected chi connectivity index (χ0v) is 20.5. The molecule has 0 aromatic carbocycles. The first-order valence-electron chi connectivity index (χ1n) is 12.0. The van der Waals surface area contributed by atoms with E-state index in [2.05, 4.69) is 16.8 Å². The SMILES string of the molecule is CCCCc1nc2ccccn2c(=O)c1-c1ccc(N2CCN(C(=O)OC(C)(C)C)CC2)nc1. The number of rotatable bonds is 5. The fourth-order valence-electron chi connectivity index (χ4n) is 4.12. The summed E-state index contributed by atoms with van der Waals surface area (Å²) in [6, 6.07) is 9.49. The molecule has 8 heteroatoms. The van der Waals surface area contributed by atoms with Gasteiger partial charge < -0.3 is 14.5 Å². The standard InChI is InChI=1S/C26H33N5O3/c1-5-6-9-20-23(24(32)31-13-8-7-10-22(31)28-20)19-11-12-21(27-18-19)29-14-16-30(17-15-29)25(33)34-26(2,3)4/h7-8,10-13,18H,5-6,9,14-17H2,1-4H3. The quantitative estimate of drug-likeness (QED) is 0.565. The maximum atomic E-state index is 13.3. The maximum absolute atomic E-state index is 13.3. The van der Waals surface area contributed by atoms with Crippen molar-refractivity contribution in [3.05, 3.63) is 58.8 Å². The highest BCUT2D eigenvalue weighted by Gasteiger charge is 2.26. The third-order valence-corrected chi connectivity index (χ3v) is 5.87. The van der Waals surface area contributed by atoms with Gasteiger partial charge in [-0.05, 0) is 57.9 Å². The van der Waals surface area contributed by atoms with Gasteiger partial charge in [-0.3, -0.25) is 9.20 Å². The zero-order chi connectivity index (χ0) is 24.3. The van der Waals surface area contributed by atoms with E-state index in [0.717, 1.165) is 36.3 Å². The number of anilines is 1. The number of aromatic nitrogens is 3. The van der Waals surface area contributed by atoms with Crippen LogP contribution in [0.4, 0.5) is 10.6 Å². The molecule has 1 amide bonds. The predicted octanol–water partition coefficient (Wildman–Crippen LogP) is 4.16. The Kier molecular flexibility index (Phi) is 6.86. The van der Waals surface area contributed by atoms with Gasteiger partial charge in [-0.25, -0.2) is 14.8 Å². The molecule has 0 N–H and O–H groups in total. The number of aryl methyl sites for hydroxylation is 1. The van der Waals surface area contributed by atoms with Crippen LogP contribution in [0.15, 0.2) is 47.5 Å². The Morgan fingerprint density at radius 2 is 1.85 bits per heavy atom. The Bertz CT molecular complexity index is 1210. The molecule has 0 aliphatic carbocycles. The molecule has 1 aliphatic rings. The van der Waals surface area contributed by atoms with Crippen molar-refractivity contribution in [3.63, 3.8) is 0 Å². The molecule has 0 atom stereocenters. The number of fused-ring (bicyclic) bond motifs is 1. The van der Waals surface area contributed by atoms with Crippen LogP contribution in [-0.4, -0.2) is 57.1 Å². The van der Waals surface area contributed by atoms with Gasteiger partial charge >= 0.3 is 6.09 Å². The molecular formula is C26H33N5O3. The molecule has 0 unspecified atom stereocenters. The molecule has 34 heavy (non-hydrogen) atoms. The van der Waals surface area contributed by atoms with E-state index in [0.29, 0.717) is 37.4 Å².